The molecule has 2 saturated heterocycles. The van der Waals surface area contributed by atoms with Gasteiger partial charge in [0.2, 0.25) is 0 Å². The van der Waals surface area contributed by atoms with Crippen molar-refractivity contribution >= 4 is 11.9 Å². The van der Waals surface area contributed by atoms with Crippen molar-refractivity contribution in [2.45, 2.75) is 76.1 Å². The van der Waals surface area contributed by atoms with Gasteiger partial charge in [-0.05, 0) is 49.6 Å². The summed E-state index contributed by atoms with van der Waals surface area (Å²) in [4.78, 5) is 18.1. The van der Waals surface area contributed by atoms with Crippen LogP contribution in [0.1, 0.15) is 67.0 Å². The third-order valence-electron chi connectivity index (χ3n) is 7.07. The number of alkyl halides is 8. The molecule has 2 atom stereocenters. The molecule has 1 aromatic carbocycles. The van der Waals surface area contributed by atoms with Crippen molar-refractivity contribution in [2.24, 2.45) is 0 Å². The van der Waals surface area contributed by atoms with E-state index in [1.54, 1.807) is 0 Å². The fourth-order valence-corrected chi connectivity index (χ4v) is 4.69. The lowest BCUT2D eigenvalue weighted by atomic mass is 9.97. The Morgan fingerprint density at radius 2 is 1.55 bits per heavy atom. The van der Waals surface area contributed by atoms with Crippen molar-refractivity contribution in [1.82, 2.24) is 9.88 Å². The van der Waals surface area contributed by atoms with Crippen molar-refractivity contribution in [1.29, 1.82) is 0 Å². The number of ether oxygens (including phenoxy) is 2. The third-order valence-corrected chi connectivity index (χ3v) is 7.07. The molecule has 2 unspecified atom stereocenters. The first-order valence-electron chi connectivity index (χ1n) is 12.6. The zero-order valence-electron chi connectivity index (χ0n) is 21.5. The molecule has 0 saturated carbocycles. The lowest BCUT2D eigenvalue weighted by Crippen LogP contribution is -2.33. The first-order valence-corrected chi connectivity index (χ1v) is 12.6. The molecule has 14 heteroatoms. The summed E-state index contributed by atoms with van der Waals surface area (Å²) < 4.78 is 120. The number of nitrogens with zero attached hydrogens (tertiary/aromatic N) is 2. The predicted molar refractivity (Wildman–Crippen MR) is 127 cm³/mol. The summed E-state index contributed by atoms with van der Waals surface area (Å²) in [5.41, 5.74) is -3.77. The van der Waals surface area contributed by atoms with Gasteiger partial charge in [0.15, 0.2) is 0 Å². The number of pyridine rings is 1. The number of rotatable bonds is 7. The highest BCUT2D eigenvalue weighted by Gasteiger charge is 2.43. The van der Waals surface area contributed by atoms with Crippen molar-refractivity contribution in [2.75, 3.05) is 18.5 Å². The first kappa shape index (κ1) is 29.8. The predicted octanol–water partition coefficient (Wildman–Crippen LogP) is 7.29. The van der Waals surface area contributed by atoms with Gasteiger partial charge in [-0.1, -0.05) is 6.92 Å². The van der Waals surface area contributed by atoms with E-state index in [9.17, 15) is 39.9 Å². The molecule has 1 N–H and O–H groups in total. The Hall–Kier alpha value is -3.16. The number of carbonyl (C=O) groups is 1. The van der Waals surface area contributed by atoms with Crippen LogP contribution in [0.25, 0.3) is 0 Å². The third kappa shape index (κ3) is 6.42. The molecular weight excluding hydrogens is 554 g/mol. The van der Waals surface area contributed by atoms with Crippen molar-refractivity contribution < 1.29 is 49.4 Å². The van der Waals surface area contributed by atoms with Crippen LogP contribution in [0, 0.1) is 0 Å². The van der Waals surface area contributed by atoms with Crippen molar-refractivity contribution in [3.63, 3.8) is 0 Å². The lowest BCUT2D eigenvalue weighted by molar-refractivity contribution is -0.143. The molecule has 0 spiro atoms. The standard InChI is InChI=1S/C26H27F8N3O3/c1-3-24(27,28)19-10-16(22(35-12-19)36-20-4-6-39-7-5-20)13-37-14(2)21(40-23(37)38)15-8-17(25(29,30)31)11-18(9-15)26(32,33)34/h8-12,14,20-21H,3-7,13H2,1-2H3,(H,35,36). The second-order valence-electron chi connectivity index (χ2n) is 9.83. The minimum Gasteiger partial charge on any atom is -0.439 e. The van der Waals surface area contributed by atoms with Crippen LogP contribution in [0.4, 0.5) is 45.7 Å². The highest BCUT2D eigenvalue weighted by Crippen LogP contribution is 2.41. The summed E-state index contributed by atoms with van der Waals surface area (Å²) in [6, 6.07) is 1.08. The minimum atomic E-state index is -5.08. The van der Waals surface area contributed by atoms with Gasteiger partial charge in [0.05, 0.1) is 23.7 Å². The number of hydrogen-bond acceptors (Lipinski definition) is 5. The minimum absolute atomic E-state index is 0.0119. The fraction of sp³-hybridized carbons (Fsp3) is 0.538. The number of anilines is 1. The molecule has 4 rings (SSSR count). The van der Waals surface area contributed by atoms with E-state index in [0.717, 1.165) is 11.1 Å². The van der Waals surface area contributed by atoms with Gasteiger partial charge in [-0.15, -0.1) is 0 Å². The molecule has 2 aliphatic heterocycles. The Kier molecular flexibility index (Phi) is 8.21. The average molecular weight is 582 g/mol. The van der Waals surface area contributed by atoms with Gasteiger partial charge in [0, 0.05) is 43.0 Å². The molecule has 2 fully saturated rings. The lowest BCUT2D eigenvalue weighted by Gasteiger charge is -2.27. The Morgan fingerprint density at radius 3 is 2.10 bits per heavy atom. The second-order valence-corrected chi connectivity index (χ2v) is 9.83. The average Bonchev–Trinajstić information content (AvgIpc) is 3.17. The number of hydrogen-bond donors (Lipinski definition) is 1. The largest absolute Gasteiger partial charge is 0.439 e. The molecule has 2 aliphatic rings. The van der Waals surface area contributed by atoms with Gasteiger partial charge in [-0.3, -0.25) is 4.90 Å². The number of carbonyl (C=O) groups excluding carboxylic acids is 1. The van der Waals surface area contributed by atoms with Gasteiger partial charge >= 0.3 is 18.4 Å². The van der Waals surface area contributed by atoms with Crippen LogP contribution in [0.3, 0.4) is 0 Å². The molecule has 1 aromatic heterocycles. The van der Waals surface area contributed by atoms with Gasteiger partial charge in [-0.2, -0.15) is 26.3 Å². The van der Waals surface area contributed by atoms with E-state index in [1.807, 2.05) is 0 Å². The molecule has 6 nitrogen and oxygen atoms in total. The zero-order valence-corrected chi connectivity index (χ0v) is 21.5. The fourth-order valence-electron chi connectivity index (χ4n) is 4.69. The number of amides is 1. The van der Waals surface area contributed by atoms with Crippen molar-refractivity contribution in [3.05, 3.63) is 58.3 Å². The van der Waals surface area contributed by atoms with E-state index in [2.05, 4.69) is 10.3 Å². The van der Waals surface area contributed by atoms with E-state index in [4.69, 9.17) is 9.47 Å². The Labute approximate surface area is 224 Å². The molecule has 2 aromatic rings. The maximum atomic E-state index is 14.5. The molecule has 1 amide bonds. The van der Waals surface area contributed by atoms with Crippen LogP contribution >= 0.6 is 0 Å². The van der Waals surface area contributed by atoms with E-state index < -0.39 is 65.2 Å². The number of halogens is 8. The van der Waals surface area contributed by atoms with Gasteiger partial charge in [-0.25, -0.2) is 18.6 Å². The smallest absolute Gasteiger partial charge is 0.416 e. The monoisotopic (exact) mass is 581 g/mol. The highest BCUT2D eigenvalue weighted by atomic mass is 19.4. The molecule has 0 bridgehead atoms. The Balaban J connectivity index is 1.67. The molecule has 0 radical (unpaired) electrons. The maximum absolute atomic E-state index is 14.5. The molecule has 3 heterocycles. The van der Waals surface area contributed by atoms with E-state index in [1.165, 1.54) is 19.9 Å². The zero-order chi connectivity index (χ0) is 29.5. The van der Waals surface area contributed by atoms with E-state index in [-0.39, 0.29) is 30.0 Å². The quantitative estimate of drug-likeness (QED) is 0.348. The summed E-state index contributed by atoms with van der Waals surface area (Å²) in [5, 5.41) is 3.18. The van der Waals surface area contributed by atoms with Crippen LogP contribution in [0.15, 0.2) is 30.5 Å². The van der Waals surface area contributed by atoms with Crippen LogP contribution < -0.4 is 5.32 Å². The van der Waals surface area contributed by atoms with Crippen LogP contribution in [0.2, 0.25) is 0 Å². The maximum Gasteiger partial charge on any atom is 0.416 e. The van der Waals surface area contributed by atoms with Gasteiger partial charge < -0.3 is 14.8 Å². The highest BCUT2D eigenvalue weighted by molar-refractivity contribution is 5.71. The van der Waals surface area contributed by atoms with Crippen LogP contribution in [-0.2, 0) is 34.3 Å². The van der Waals surface area contributed by atoms with Crippen molar-refractivity contribution in [3.8, 4) is 0 Å². The number of aromatic nitrogens is 1. The molecule has 40 heavy (non-hydrogen) atoms. The topological polar surface area (TPSA) is 63.7 Å². The summed E-state index contributed by atoms with van der Waals surface area (Å²) in [6.45, 7) is 3.32. The second kappa shape index (κ2) is 11.0. The summed E-state index contributed by atoms with van der Waals surface area (Å²) in [7, 11) is 0. The van der Waals surface area contributed by atoms with E-state index in [0.29, 0.717) is 38.2 Å². The Morgan fingerprint density at radius 1 is 0.950 bits per heavy atom. The molecular formula is C26H27F8N3O3. The normalized spacial score (nSPS) is 21.1. The molecule has 0 aliphatic carbocycles. The number of nitrogens with one attached hydrogen (secondary N) is 1. The van der Waals surface area contributed by atoms with E-state index >= 15 is 0 Å². The first-order chi connectivity index (χ1) is 18.6. The van der Waals surface area contributed by atoms with Gasteiger partial charge in [0.25, 0.3) is 5.92 Å². The van der Waals surface area contributed by atoms with Gasteiger partial charge in [0.1, 0.15) is 11.9 Å². The van der Waals surface area contributed by atoms with Crippen LogP contribution in [-0.4, -0.2) is 41.3 Å². The Bertz CT molecular complexity index is 1200. The van der Waals surface area contributed by atoms with Crippen LogP contribution in [0.5, 0.6) is 0 Å². The number of benzene rings is 1. The summed E-state index contributed by atoms with van der Waals surface area (Å²) in [6.07, 6.45) is -10.9. The number of cyclic esters (lactones) is 1. The summed E-state index contributed by atoms with van der Waals surface area (Å²) in [5.74, 6) is -2.99. The molecule has 220 valence electrons. The summed E-state index contributed by atoms with van der Waals surface area (Å²) >= 11 is 0. The SMILES string of the molecule is CCC(F)(F)c1cnc(NC2CCOCC2)c(CN2C(=O)OC(c3cc(C(F)(F)F)cc(C(F)(F)F)c3)C2C)c1.